The molecule has 3 aromatic carbocycles. The molecule has 0 aromatic heterocycles. The zero-order valence-electron chi connectivity index (χ0n) is 16.2. The Morgan fingerprint density at radius 3 is 2.22 bits per heavy atom. The van der Waals surface area contributed by atoms with Crippen molar-refractivity contribution in [1.82, 2.24) is 0 Å². The maximum Gasteiger partial charge on any atom is 0.266 e. The molecule has 0 aliphatic carbocycles. The summed E-state index contributed by atoms with van der Waals surface area (Å²) in [6.07, 6.45) is -1.05. The summed E-state index contributed by atoms with van der Waals surface area (Å²) < 4.78 is 14.2. The minimum atomic E-state index is -1.05. The Bertz CT molecular complexity index is 1220. The number of amides is 2. The van der Waals surface area contributed by atoms with E-state index in [4.69, 9.17) is 28.0 Å². The second-order valence-electron chi connectivity index (χ2n) is 7.47. The van der Waals surface area contributed by atoms with E-state index in [1.54, 1.807) is 17.2 Å². The molecule has 2 fully saturated rings. The lowest BCUT2D eigenvalue weighted by Gasteiger charge is -2.29. The van der Waals surface area contributed by atoms with Crippen molar-refractivity contribution in [2.24, 2.45) is 5.92 Å². The van der Waals surface area contributed by atoms with E-state index in [0.717, 1.165) is 4.90 Å². The molecule has 3 atom stereocenters. The van der Waals surface area contributed by atoms with E-state index in [1.807, 2.05) is 30.3 Å². The number of imide groups is 1. The number of hydrogen-bond acceptors (Lipinski definition) is 4. The van der Waals surface area contributed by atoms with Gasteiger partial charge in [-0.3, -0.25) is 14.4 Å². The van der Waals surface area contributed by atoms with Crippen LogP contribution in [0.5, 0.6) is 0 Å². The predicted octanol–water partition coefficient (Wildman–Crippen LogP) is 5.95. The van der Waals surface area contributed by atoms with Gasteiger partial charge in [-0.2, -0.15) is 0 Å². The number of anilines is 2. The Balaban J connectivity index is 1.61. The Labute approximate surface area is 201 Å². The third-order valence-corrected chi connectivity index (χ3v) is 6.56. The fourth-order valence-electron chi connectivity index (χ4n) is 4.17. The van der Waals surface area contributed by atoms with Crippen molar-refractivity contribution in [2.45, 2.75) is 12.1 Å². The summed E-state index contributed by atoms with van der Waals surface area (Å²) in [7, 11) is 0. The van der Waals surface area contributed by atoms with Gasteiger partial charge in [-0.05, 0) is 64.0 Å². The Morgan fingerprint density at radius 1 is 0.875 bits per heavy atom. The summed E-state index contributed by atoms with van der Waals surface area (Å²) in [5.41, 5.74) is 1.58. The fraction of sp³-hybridized carbons (Fsp3) is 0.130. The van der Waals surface area contributed by atoms with Crippen LogP contribution in [0.3, 0.4) is 0 Å². The summed E-state index contributed by atoms with van der Waals surface area (Å²) in [5.74, 6) is -2.23. The minimum Gasteiger partial charge on any atom is -0.273 e. The molecular weight excluding hydrogens is 522 g/mol. The van der Waals surface area contributed by atoms with Crippen LogP contribution in [0.15, 0.2) is 71.2 Å². The molecule has 0 N–H and O–H groups in total. The molecule has 2 amide bonds. The Kier molecular flexibility index (Phi) is 5.45. The number of para-hydroxylation sites is 1. The predicted molar refractivity (Wildman–Crippen MR) is 123 cm³/mol. The van der Waals surface area contributed by atoms with Crippen LogP contribution in [0.1, 0.15) is 11.6 Å². The molecule has 0 bridgehead atoms. The van der Waals surface area contributed by atoms with Gasteiger partial charge < -0.3 is 0 Å². The molecule has 2 aliphatic heterocycles. The molecule has 3 aromatic rings. The molecular formula is C23H14BrCl2FN2O3. The number of carbonyl (C=O) groups excluding carboxylic acids is 2. The summed E-state index contributed by atoms with van der Waals surface area (Å²) >= 11 is 15.4. The molecule has 32 heavy (non-hydrogen) atoms. The highest BCUT2D eigenvalue weighted by atomic mass is 79.9. The quantitative estimate of drug-likeness (QED) is 0.389. The van der Waals surface area contributed by atoms with Gasteiger partial charge in [-0.15, -0.1) is 0 Å². The van der Waals surface area contributed by atoms with Gasteiger partial charge in [-0.25, -0.2) is 14.4 Å². The summed E-state index contributed by atoms with van der Waals surface area (Å²) in [6, 6.07) is 17.5. The molecule has 0 unspecified atom stereocenters. The highest BCUT2D eigenvalue weighted by Gasteiger charge is 2.60. The summed E-state index contributed by atoms with van der Waals surface area (Å²) in [4.78, 5) is 34.0. The minimum absolute atomic E-state index is 0.252. The maximum atomic E-state index is 13.9. The lowest BCUT2D eigenvalue weighted by atomic mass is 9.90. The lowest BCUT2D eigenvalue weighted by Crippen LogP contribution is -2.37. The van der Waals surface area contributed by atoms with Crippen LogP contribution in [0.4, 0.5) is 15.8 Å². The molecule has 0 saturated carbocycles. The first kappa shape index (κ1) is 21.4. The van der Waals surface area contributed by atoms with E-state index in [0.29, 0.717) is 21.3 Å². The van der Waals surface area contributed by atoms with Crippen LogP contribution in [0.25, 0.3) is 0 Å². The molecule has 2 saturated heterocycles. The maximum absolute atomic E-state index is 13.9. The van der Waals surface area contributed by atoms with E-state index >= 15 is 0 Å². The highest BCUT2D eigenvalue weighted by Crippen LogP contribution is 2.48. The average molecular weight is 536 g/mol. The van der Waals surface area contributed by atoms with Crippen molar-refractivity contribution < 1.29 is 18.8 Å². The number of fused-ring (bicyclic) bond motifs is 1. The van der Waals surface area contributed by atoms with Crippen molar-refractivity contribution >= 4 is 62.3 Å². The van der Waals surface area contributed by atoms with E-state index < -0.39 is 35.7 Å². The standard InChI is InChI=1S/C23H14BrCl2FN2O3/c24-17-8-12(6-7-18(17)27)20-19-21(32-29(20)15-4-2-1-3-5-15)23(31)28(22(19)30)16-10-13(25)9-14(26)11-16/h1-11,19-21H/t19-,20+,21+/m0/s1. The Morgan fingerprint density at radius 2 is 1.56 bits per heavy atom. The first-order chi connectivity index (χ1) is 15.3. The molecule has 0 radical (unpaired) electrons. The SMILES string of the molecule is O=C1[C@H]2[C@@H](c3ccc(F)c(Br)c3)N(c3ccccc3)O[C@H]2C(=O)N1c1cc(Cl)cc(Cl)c1. The summed E-state index contributed by atoms with van der Waals surface area (Å²) in [5, 5.41) is 2.15. The molecule has 5 nitrogen and oxygen atoms in total. The number of hydrogen-bond donors (Lipinski definition) is 0. The normalized spacial score (nSPS) is 22.6. The number of carbonyl (C=O) groups is 2. The van der Waals surface area contributed by atoms with Gasteiger partial charge in [0.15, 0.2) is 6.10 Å². The van der Waals surface area contributed by atoms with E-state index in [1.165, 1.54) is 24.3 Å². The monoisotopic (exact) mass is 534 g/mol. The average Bonchev–Trinajstić information content (AvgIpc) is 3.26. The van der Waals surface area contributed by atoms with E-state index in [-0.39, 0.29) is 10.2 Å². The number of nitrogens with zero attached hydrogens (tertiary/aromatic N) is 2. The highest BCUT2D eigenvalue weighted by molar-refractivity contribution is 9.10. The van der Waals surface area contributed by atoms with Gasteiger partial charge in [0.1, 0.15) is 11.7 Å². The fourth-order valence-corrected chi connectivity index (χ4v) is 5.08. The van der Waals surface area contributed by atoms with E-state index in [2.05, 4.69) is 15.9 Å². The number of halogens is 4. The molecule has 5 rings (SSSR count). The van der Waals surface area contributed by atoms with Gasteiger partial charge in [0.2, 0.25) is 5.91 Å². The molecule has 2 aliphatic rings. The zero-order valence-corrected chi connectivity index (χ0v) is 19.3. The Hall–Kier alpha value is -2.45. The van der Waals surface area contributed by atoms with Crippen molar-refractivity contribution in [3.63, 3.8) is 0 Å². The van der Waals surface area contributed by atoms with Crippen LogP contribution in [-0.4, -0.2) is 17.9 Å². The number of rotatable bonds is 3. The van der Waals surface area contributed by atoms with E-state index in [9.17, 15) is 14.0 Å². The van der Waals surface area contributed by atoms with Gasteiger partial charge in [0, 0.05) is 10.0 Å². The largest absolute Gasteiger partial charge is 0.273 e. The molecule has 9 heteroatoms. The first-order valence-electron chi connectivity index (χ1n) is 9.65. The van der Waals surface area contributed by atoms with Crippen LogP contribution in [0.2, 0.25) is 10.0 Å². The second-order valence-corrected chi connectivity index (χ2v) is 9.20. The molecule has 162 valence electrons. The van der Waals surface area contributed by atoms with Crippen molar-refractivity contribution in [3.8, 4) is 0 Å². The van der Waals surface area contributed by atoms with Gasteiger partial charge >= 0.3 is 0 Å². The number of hydroxylamine groups is 1. The number of benzene rings is 3. The second kappa shape index (κ2) is 8.15. The van der Waals surface area contributed by atoms with Gasteiger partial charge in [0.05, 0.1) is 21.9 Å². The van der Waals surface area contributed by atoms with Gasteiger partial charge in [-0.1, -0.05) is 47.5 Å². The van der Waals surface area contributed by atoms with Crippen molar-refractivity contribution in [2.75, 3.05) is 9.96 Å². The third-order valence-electron chi connectivity index (χ3n) is 5.52. The van der Waals surface area contributed by atoms with Crippen molar-refractivity contribution in [1.29, 1.82) is 0 Å². The van der Waals surface area contributed by atoms with Crippen LogP contribution >= 0.6 is 39.1 Å². The molecule has 0 spiro atoms. The smallest absolute Gasteiger partial charge is 0.266 e. The van der Waals surface area contributed by atoms with Crippen LogP contribution in [-0.2, 0) is 14.4 Å². The summed E-state index contributed by atoms with van der Waals surface area (Å²) in [6.45, 7) is 0. The zero-order chi connectivity index (χ0) is 22.6. The van der Waals surface area contributed by atoms with Crippen LogP contribution in [0, 0.1) is 11.7 Å². The van der Waals surface area contributed by atoms with Gasteiger partial charge in [0.25, 0.3) is 5.91 Å². The van der Waals surface area contributed by atoms with Crippen LogP contribution < -0.4 is 9.96 Å². The topological polar surface area (TPSA) is 49.9 Å². The molecule has 2 heterocycles. The van der Waals surface area contributed by atoms with Crippen molar-refractivity contribution in [3.05, 3.63) is 92.6 Å². The first-order valence-corrected chi connectivity index (χ1v) is 11.2. The lowest BCUT2D eigenvalue weighted by molar-refractivity contribution is -0.126. The third kappa shape index (κ3) is 3.49.